The van der Waals surface area contributed by atoms with E-state index in [2.05, 4.69) is 31.0 Å². The Hall–Kier alpha value is -2.48. The molecule has 0 aliphatic heterocycles. The Balaban J connectivity index is 1.33. The fraction of sp³-hybridized carbons (Fsp3) is 0.636. The Morgan fingerprint density at radius 3 is 2.87 bits per heavy atom. The van der Waals surface area contributed by atoms with Crippen molar-refractivity contribution in [2.75, 3.05) is 20.3 Å². The van der Waals surface area contributed by atoms with Gasteiger partial charge < -0.3 is 19.4 Å². The summed E-state index contributed by atoms with van der Waals surface area (Å²) in [6.07, 6.45) is 10.3. The number of hydrogen-bond acceptors (Lipinski definition) is 6. The molecule has 2 aliphatic rings. The van der Waals surface area contributed by atoms with Crippen molar-refractivity contribution in [2.45, 2.75) is 58.2 Å². The fourth-order valence-electron chi connectivity index (χ4n) is 4.00. The molecule has 30 heavy (non-hydrogen) atoms. The van der Waals surface area contributed by atoms with Gasteiger partial charge in [-0.05, 0) is 44.4 Å². The molecule has 8 nitrogen and oxygen atoms in total. The molecule has 0 aromatic carbocycles. The van der Waals surface area contributed by atoms with Crippen molar-refractivity contribution in [3.8, 4) is 5.88 Å². The summed E-state index contributed by atoms with van der Waals surface area (Å²) in [6.45, 7) is 5.62. The van der Waals surface area contributed by atoms with Crippen LogP contribution in [0, 0.1) is 11.8 Å². The minimum atomic E-state index is -0.0272. The van der Waals surface area contributed by atoms with Crippen molar-refractivity contribution in [1.82, 2.24) is 19.9 Å². The van der Waals surface area contributed by atoms with E-state index in [0.717, 1.165) is 41.9 Å². The standard InChI is InChI=1S/C22H31N5O3/c1-14(26-15(2)28)11-29-19-6-17(7-19)12-30-22-20-18(8-23-3)10-27(9-16-4-5-16)21(20)24-13-25-22/h8,10,13-14,16-17,19H,4-7,9,11-12H2,1-3H3,(H,26,28)/b23-8+/t14-,17-,19-/m0/s1. The van der Waals surface area contributed by atoms with E-state index < -0.39 is 0 Å². The first kappa shape index (κ1) is 20.8. The van der Waals surface area contributed by atoms with E-state index in [1.807, 2.05) is 13.1 Å². The smallest absolute Gasteiger partial charge is 0.226 e. The van der Waals surface area contributed by atoms with Gasteiger partial charge in [-0.3, -0.25) is 9.79 Å². The summed E-state index contributed by atoms with van der Waals surface area (Å²) in [5.41, 5.74) is 1.93. The van der Waals surface area contributed by atoms with Crippen LogP contribution in [0.15, 0.2) is 17.5 Å². The van der Waals surface area contributed by atoms with Crippen LogP contribution in [-0.4, -0.2) is 59.1 Å². The van der Waals surface area contributed by atoms with Gasteiger partial charge in [-0.2, -0.15) is 0 Å². The van der Waals surface area contributed by atoms with E-state index in [1.165, 1.54) is 19.8 Å². The second-order valence-corrected chi connectivity index (χ2v) is 8.65. The molecular weight excluding hydrogens is 382 g/mol. The maximum Gasteiger partial charge on any atom is 0.226 e. The Bertz CT molecular complexity index is 915. The second-order valence-electron chi connectivity index (χ2n) is 8.65. The highest BCUT2D eigenvalue weighted by Crippen LogP contribution is 2.35. The van der Waals surface area contributed by atoms with E-state index in [0.29, 0.717) is 25.0 Å². The van der Waals surface area contributed by atoms with Crippen LogP contribution in [0.4, 0.5) is 0 Å². The van der Waals surface area contributed by atoms with Crippen LogP contribution in [-0.2, 0) is 16.1 Å². The molecule has 2 heterocycles. The number of hydrogen-bond donors (Lipinski definition) is 1. The maximum absolute atomic E-state index is 11.1. The van der Waals surface area contributed by atoms with Gasteiger partial charge in [0.1, 0.15) is 12.0 Å². The van der Waals surface area contributed by atoms with Crippen LogP contribution >= 0.6 is 0 Å². The lowest BCUT2D eigenvalue weighted by Gasteiger charge is -2.35. The van der Waals surface area contributed by atoms with Crippen molar-refractivity contribution >= 4 is 23.2 Å². The average Bonchev–Trinajstić information content (AvgIpc) is 3.42. The van der Waals surface area contributed by atoms with Gasteiger partial charge in [0.15, 0.2) is 0 Å². The second kappa shape index (κ2) is 9.12. The third-order valence-corrected chi connectivity index (χ3v) is 5.75. The summed E-state index contributed by atoms with van der Waals surface area (Å²) >= 11 is 0. The van der Waals surface area contributed by atoms with Crippen molar-refractivity contribution in [3.63, 3.8) is 0 Å². The molecule has 8 heteroatoms. The highest BCUT2D eigenvalue weighted by atomic mass is 16.5. The summed E-state index contributed by atoms with van der Waals surface area (Å²) in [5.74, 6) is 1.81. The summed E-state index contributed by atoms with van der Waals surface area (Å²) < 4.78 is 14.2. The highest BCUT2D eigenvalue weighted by Gasteiger charge is 2.31. The topological polar surface area (TPSA) is 90.6 Å². The molecule has 1 amide bonds. The zero-order valence-corrected chi connectivity index (χ0v) is 18.0. The van der Waals surface area contributed by atoms with Gasteiger partial charge in [0.25, 0.3) is 0 Å². The van der Waals surface area contributed by atoms with E-state index in [4.69, 9.17) is 9.47 Å². The Morgan fingerprint density at radius 1 is 1.37 bits per heavy atom. The molecular formula is C22H31N5O3. The molecule has 0 saturated heterocycles. The summed E-state index contributed by atoms with van der Waals surface area (Å²) in [4.78, 5) is 24.2. The largest absolute Gasteiger partial charge is 0.477 e. The lowest BCUT2D eigenvalue weighted by Crippen LogP contribution is -2.40. The Morgan fingerprint density at radius 2 is 2.17 bits per heavy atom. The van der Waals surface area contributed by atoms with Crippen LogP contribution in [0.25, 0.3) is 11.0 Å². The molecule has 0 spiro atoms. The highest BCUT2D eigenvalue weighted by molar-refractivity contribution is 6.00. The molecule has 2 aliphatic carbocycles. The van der Waals surface area contributed by atoms with Gasteiger partial charge in [0.2, 0.25) is 11.8 Å². The van der Waals surface area contributed by atoms with Gasteiger partial charge in [-0.1, -0.05) is 0 Å². The number of carbonyl (C=O) groups excluding carboxylic acids is 1. The summed E-state index contributed by atoms with van der Waals surface area (Å²) in [5, 5.41) is 3.78. The molecule has 0 bridgehead atoms. The lowest BCUT2D eigenvalue weighted by atomic mass is 9.83. The monoisotopic (exact) mass is 413 g/mol. The van der Waals surface area contributed by atoms with Gasteiger partial charge in [-0.25, -0.2) is 9.97 Å². The minimum absolute atomic E-state index is 0.0272. The van der Waals surface area contributed by atoms with E-state index in [1.54, 1.807) is 13.4 Å². The molecule has 1 atom stereocenters. The van der Waals surface area contributed by atoms with E-state index >= 15 is 0 Å². The summed E-state index contributed by atoms with van der Waals surface area (Å²) in [6, 6.07) is 0.0328. The van der Waals surface area contributed by atoms with E-state index in [9.17, 15) is 4.79 Å². The predicted octanol–water partition coefficient (Wildman–Crippen LogP) is 2.59. The number of fused-ring (bicyclic) bond motifs is 1. The summed E-state index contributed by atoms with van der Waals surface area (Å²) in [7, 11) is 1.77. The molecule has 2 fully saturated rings. The van der Waals surface area contributed by atoms with Crippen molar-refractivity contribution in [3.05, 3.63) is 18.1 Å². The van der Waals surface area contributed by atoms with Crippen LogP contribution in [0.1, 0.15) is 45.1 Å². The molecule has 2 saturated carbocycles. The first-order valence-electron chi connectivity index (χ1n) is 10.8. The quantitative estimate of drug-likeness (QED) is 0.605. The van der Waals surface area contributed by atoms with Crippen LogP contribution < -0.4 is 10.1 Å². The van der Waals surface area contributed by atoms with Crippen molar-refractivity contribution in [1.29, 1.82) is 0 Å². The van der Waals surface area contributed by atoms with Crippen LogP contribution in [0.5, 0.6) is 5.88 Å². The third kappa shape index (κ3) is 4.98. The zero-order chi connectivity index (χ0) is 21.1. The Kier molecular flexibility index (Phi) is 6.32. The molecule has 4 rings (SSSR count). The first-order chi connectivity index (χ1) is 14.5. The molecule has 2 aromatic heterocycles. The number of aliphatic imine (C=N–C) groups is 1. The number of carbonyl (C=O) groups is 1. The van der Waals surface area contributed by atoms with Gasteiger partial charge in [0.05, 0.1) is 24.7 Å². The van der Waals surface area contributed by atoms with Crippen LogP contribution in [0.2, 0.25) is 0 Å². The third-order valence-electron chi connectivity index (χ3n) is 5.75. The SMILES string of the molecule is C/N=C/c1cn(CC2CC2)c2ncnc(OC[C@H]3C[C@H](OC[C@H](C)NC(C)=O)C3)c12. The van der Waals surface area contributed by atoms with Crippen LogP contribution in [0.3, 0.4) is 0 Å². The van der Waals surface area contributed by atoms with Gasteiger partial charge >= 0.3 is 0 Å². The number of ether oxygens (including phenoxy) is 2. The first-order valence-corrected chi connectivity index (χ1v) is 10.8. The van der Waals surface area contributed by atoms with Gasteiger partial charge in [0, 0.05) is 44.5 Å². The number of aromatic nitrogens is 3. The fourth-order valence-corrected chi connectivity index (χ4v) is 4.00. The maximum atomic E-state index is 11.1. The number of nitrogens with one attached hydrogen (secondary N) is 1. The predicted molar refractivity (Wildman–Crippen MR) is 115 cm³/mol. The normalized spacial score (nSPS) is 22.2. The molecule has 0 radical (unpaired) electrons. The number of amides is 1. The zero-order valence-electron chi connectivity index (χ0n) is 18.0. The Labute approximate surface area is 177 Å². The number of nitrogens with zero attached hydrogens (tertiary/aromatic N) is 4. The van der Waals surface area contributed by atoms with Crippen molar-refractivity contribution in [2.24, 2.45) is 16.8 Å². The average molecular weight is 414 g/mol. The van der Waals surface area contributed by atoms with E-state index in [-0.39, 0.29) is 18.1 Å². The minimum Gasteiger partial charge on any atom is -0.477 e. The number of rotatable bonds is 10. The molecule has 1 N–H and O–H groups in total. The molecule has 162 valence electrons. The molecule has 2 aromatic rings. The lowest BCUT2D eigenvalue weighted by molar-refractivity contribution is -0.120. The molecule has 0 unspecified atom stereocenters. The van der Waals surface area contributed by atoms with Crippen molar-refractivity contribution < 1.29 is 14.3 Å². The van der Waals surface area contributed by atoms with Gasteiger partial charge in [-0.15, -0.1) is 0 Å².